The van der Waals surface area contributed by atoms with Crippen LogP contribution in [0.15, 0.2) is 66.7 Å². The molecule has 3 aromatic rings. The summed E-state index contributed by atoms with van der Waals surface area (Å²) in [6.07, 6.45) is 1.76. The number of hydrogen-bond acceptors (Lipinski definition) is 4. The Bertz CT molecular complexity index is 1270. The lowest BCUT2D eigenvalue weighted by atomic mass is 9.72. The van der Waals surface area contributed by atoms with E-state index < -0.39 is 5.82 Å². The molecule has 1 fully saturated rings. The van der Waals surface area contributed by atoms with E-state index in [4.69, 9.17) is 16.3 Å². The number of amides is 2. The molecule has 0 radical (unpaired) electrons. The minimum absolute atomic E-state index is 0.0434. The summed E-state index contributed by atoms with van der Waals surface area (Å²) in [5, 5.41) is 15.0. The van der Waals surface area contributed by atoms with Crippen LogP contribution in [-0.4, -0.2) is 50.8 Å². The molecule has 4 rings (SSSR count). The summed E-state index contributed by atoms with van der Waals surface area (Å²) in [5.74, 6) is -0.533. The van der Waals surface area contributed by atoms with Crippen molar-refractivity contribution in [1.29, 1.82) is 5.26 Å². The van der Waals surface area contributed by atoms with Crippen LogP contribution in [0.25, 0.3) is 11.1 Å². The lowest BCUT2D eigenvalue weighted by molar-refractivity contribution is 0.109. The van der Waals surface area contributed by atoms with Crippen LogP contribution >= 0.6 is 11.6 Å². The molecule has 0 aromatic heterocycles. The van der Waals surface area contributed by atoms with E-state index in [2.05, 4.69) is 45.9 Å². The van der Waals surface area contributed by atoms with Crippen LogP contribution in [0.3, 0.4) is 0 Å². The van der Waals surface area contributed by atoms with E-state index in [0.717, 1.165) is 49.2 Å². The van der Waals surface area contributed by atoms with Crippen molar-refractivity contribution < 1.29 is 13.9 Å². The number of anilines is 1. The lowest BCUT2D eigenvalue weighted by Gasteiger charge is -2.42. The maximum absolute atomic E-state index is 13.5. The number of halogens is 2. The number of likely N-dealkylation sites (tertiary alicyclic amines) is 1. The fourth-order valence-electron chi connectivity index (χ4n) is 4.78. The number of nitriles is 1. The van der Waals surface area contributed by atoms with Gasteiger partial charge in [-0.1, -0.05) is 48.0 Å². The van der Waals surface area contributed by atoms with E-state index in [9.17, 15) is 14.4 Å². The van der Waals surface area contributed by atoms with Crippen molar-refractivity contribution in [3.8, 4) is 17.2 Å². The first-order valence-corrected chi connectivity index (χ1v) is 12.6. The van der Waals surface area contributed by atoms with Gasteiger partial charge in [0.1, 0.15) is 5.82 Å². The Labute approximate surface area is 222 Å². The number of carbonyl (C=O) groups is 1. The van der Waals surface area contributed by atoms with Gasteiger partial charge < -0.3 is 20.3 Å². The minimum atomic E-state index is -0.533. The number of nitrogens with one attached hydrogen (secondary N) is 2. The van der Waals surface area contributed by atoms with Gasteiger partial charge in [0, 0.05) is 31.3 Å². The summed E-state index contributed by atoms with van der Waals surface area (Å²) in [6, 6.07) is 21.9. The molecule has 1 heterocycles. The molecule has 2 amide bonds. The van der Waals surface area contributed by atoms with Gasteiger partial charge in [0.05, 0.1) is 23.3 Å². The standard InChI is InChI=1S/C29H30ClFN4O2/c1-37-16-15-35-13-11-29(12-14-35,20-33-28(36)34-25-9-10-27(31)26(30)18-25)24-7-5-22(6-8-24)23-4-2-3-21(17-23)19-32/h2-10,17-18H,11-16,20H2,1H3,(H2,33,34,36). The van der Waals surface area contributed by atoms with E-state index in [-0.39, 0.29) is 16.5 Å². The molecule has 1 saturated heterocycles. The first-order valence-electron chi connectivity index (χ1n) is 12.2. The Hall–Kier alpha value is -3.44. The van der Waals surface area contributed by atoms with Crippen LogP contribution in [0.5, 0.6) is 0 Å². The lowest BCUT2D eigenvalue weighted by Crippen LogP contribution is -2.50. The molecule has 3 aromatic carbocycles. The van der Waals surface area contributed by atoms with Crippen LogP contribution in [-0.2, 0) is 10.2 Å². The number of benzene rings is 3. The third kappa shape index (κ3) is 6.66. The number of carbonyl (C=O) groups excluding carboxylic acids is 1. The topological polar surface area (TPSA) is 77.4 Å². The van der Waals surface area contributed by atoms with Crippen molar-refractivity contribution in [2.24, 2.45) is 0 Å². The van der Waals surface area contributed by atoms with Gasteiger partial charge in [0.25, 0.3) is 0 Å². The van der Waals surface area contributed by atoms with Crippen LogP contribution in [0, 0.1) is 17.1 Å². The van der Waals surface area contributed by atoms with Crippen LogP contribution in [0.1, 0.15) is 24.0 Å². The van der Waals surface area contributed by atoms with Crippen LogP contribution in [0.2, 0.25) is 5.02 Å². The first-order chi connectivity index (χ1) is 17.9. The number of urea groups is 1. The molecule has 2 N–H and O–H groups in total. The van der Waals surface area contributed by atoms with Gasteiger partial charge in [0.2, 0.25) is 0 Å². The molecule has 0 unspecified atom stereocenters. The van der Waals surface area contributed by atoms with E-state index in [0.29, 0.717) is 24.4 Å². The van der Waals surface area contributed by atoms with Gasteiger partial charge >= 0.3 is 6.03 Å². The van der Waals surface area contributed by atoms with Gasteiger partial charge in [-0.25, -0.2) is 9.18 Å². The maximum atomic E-state index is 13.5. The smallest absolute Gasteiger partial charge is 0.319 e. The molecule has 0 saturated carbocycles. The number of piperidine rings is 1. The van der Waals surface area contributed by atoms with Crippen molar-refractivity contribution in [2.75, 3.05) is 45.2 Å². The highest BCUT2D eigenvalue weighted by Crippen LogP contribution is 2.36. The second-order valence-corrected chi connectivity index (χ2v) is 9.73. The molecule has 192 valence electrons. The van der Waals surface area contributed by atoms with Gasteiger partial charge in [-0.3, -0.25) is 0 Å². The predicted octanol–water partition coefficient (Wildman–Crippen LogP) is 5.82. The molecule has 1 aliphatic heterocycles. The molecule has 37 heavy (non-hydrogen) atoms. The number of nitrogens with zero attached hydrogens (tertiary/aromatic N) is 2. The molecule has 0 spiro atoms. The third-order valence-corrected chi connectivity index (χ3v) is 7.30. The Balaban J connectivity index is 1.51. The van der Waals surface area contributed by atoms with Gasteiger partial charge in [-0.2, -0.15) is 5.26 Å². The molecule has 0 aliphatic carbocycles. The zero-order valence-electron chi connectivity index (χ0n) is 20.8. The Morgan fingerprint density at radius 2 is 1.86 bits per heavy atom. The van der Waals surface area contributed by atoms with Crippen molar-refractivity contribution in [1.82, 2.24) is 10.2 Å². The minimum Gasteiger partial charge on any atom is -0.383 e. The van der Waals surface area contributed by atoms with Crippen LogP contribution < -0.4 is 10.6 Å². The van der Waals surface area contributed by atoms with Crippen molar-refractivity contribution >= 4 is 23.3 Å². The second-order valence-electron chi connectivity index (χ2n) is 9.32. The summed E-state index contributed by atoms with van der Waals surface area (Å²) in [5.41, 5.74) is 3.99. The van der Waals surface area contributed by atoms with Gasteiger partial charge in [-0.15, -0.1) is 0 Å². The summed E-state index contributed by atoms with van der Waals surface area (Å²) in [7, 11) is 1.71. The number of hydrogen-bond donors (Lipinski definition) is 2. The number of ether oxygens (including phenoxy) is 1. The van der Waals surface area contributed by atoms with E-state index in [1.165, 1.54) is 18.2 Å². The molecule has 0 atom stereocenters. The summed E-state index contributed by atoms with van der Waals surface area (Å²) in [4.78, 5) is 15.1. The molecule has 1 aliphatic rings. The fraction of sp³-hybridized carbons (Fsp3) is 0.310. The maximum Gasteiger partial charge on any atom is 0.319 e. The van der Waals surface area contributed by atoms with E-state index >= 15 is 0 Å². The average Bonchev–Trinajstić information content (AvgIpc) is 2.93. The van der Waals surface area contributed by atoms with Crippen molar-refractivity contribution in [3.05, 3.63) is 88.7 Å². The molecule has 8 heteroatoms. The Kier molecular flexibility index (Phi) is 8.78. The van der Waals surface area contributed by atoms with Gasteiger partial charge in [-0.05, 0) is 73.0 Å². The first kappa shape index (κ1) is 26.6. The fourth-order valence-corrected chi connectivity index (χ4v) is 4.96. The zero-order chi connectivity index (χ0) is 26.3. The van der Waals surface area contributed by atoms with Crippen molar-refractivity contribution in [3.63, 3.8) is 0 Å². The second kappa shape index (κ2) is 12.2. The Morgan fingerprint density at radius 1 is 1.11 bits per heavy atom. The highest BCUT2D eigenvalue weighted by molar-refractivity contribution is 6.31. The summed E-state index contributed by atoms with van der Waals surface area (Å²) < 4.78 is 18.7. The zero-order valence-corrected chi connectivity index (χ0v) is 21.5. The number of methoxy groups -OCH3 is 1. The molecular formula is C29H30ClFN4O2. The quantitative estimate of drug-likeness (QED) is 0.392. The SMILES string of the molecule is COCCN1CCC(CNC(=O)Nc2ccc(F)c(Cl)c2)(c2ccc(-c3cccc(C#N)c3)cc2)CC1. The monoisotopic (exact) mass is 520 g/mol. The van der Waals surface area contributed by atoms with Gasteiger partial charge in [0.15, 0.2) is 0 Å². The molecule has 0 bridgehead atoms. The summed E-state index contributed by atoms with van der Waals surface area (Å²) >= 11 is 5.85. The normalized spacial score (nSPS) is 15.1. The van der Waals surface area contributed by atoms with Crippen molar-refractivity contribution in [2.45, 2.75) is 18.3 Å². The third-order valence-electron chi connectivity index (χ3n) is 7.01. The average molecular weight is 521 g/mol. The number of rotatable bonds is 8. The van der Waals surface area contributed by atoms with Crippen LogP contribution in [0.4, 0.5) is 14.9 Å². The largest absolute Gasteiger partial charge is 0.383 e. The van der Waals surface area contributed by atoms with E-state index in [1.807, 2.05) is 18.2 Å². The Morgan fingerprint density at radius 3 is 2.54 bits per heavy atom. The predicted molar refractivity (Wildman–Crippen MR) is 144 cm³/mol. The highest BCUT2D eigenvalue weighted by Gasteiger charge is 2.36. The molecule has 6 nitrogen and oxygen atoms in total. The van der Waals surface area contributed by atoms with E-state index in [1.54, 1.807) is 13.2 Å². The highest BCUT2D eigenvalue weighted by atomic mass is 35.5. The summed E-state index contributed by atoms with van der Waals surface area (Å²) in [6.45, 7) is 3.80. The molecular weight excluding hydrogens is 491 g/mol.